The zero-order valence-electron chi connectivity index (χ0n) is 10.1. The van der Waals surface area contributed by atoms with Gasteiger partial charge in [-0.3, -0.25) is 4.79 Å². The molecule has 0 fully saturated rings. The highest BCUT2D eigenvalue weighted by atomic mass is 16.5. The van der Waals surface area contributed by atoms with E-state index >= 15 is 0 Å². The van der Waals surface area contributed by atoms with E-state index in [9.17, 15) is 4.79 Å². The van der Waals surface area contributed by atoms with Gasteiger partial charge in [0.1, 0.15) is 0 Å². The summed E-state index contributed by atoms with van der Waals surface area (Å²) < 4.78 is 4.96. The van der Waals surface area contributed by atoms with Gasteiger partial charge >= 0.3 is 0 Å². The number of rotatable bonds is 3. The highest BCUT2D eigenvalue weighted by Gasteiger charge is 2.19. The molecule has 0 aliphatic carbocycles. The summed E-state index contributed by atoms with van der Waals surface area (Å²) in [6, 6.07) is 8.04. The molecular formula is C13H18N2O2. The van der Waals surface area contributed by atoms with Crippen LogP contribution in [-0.4, -0.2) is 32.7 Å². The fourth-order valence-electron chi connectivity index (χ4n) is 2.04. The van der Waals surface area contributed by atoms with Crippen LogP contribution in [-0.2, 0) is 16.1 Å². The minimum Gasteiger partial charge on any atom is -0.384 e. The third kappa shape index (κ3) is 2.84. The Hall–Kier alpha value is -1.39. The van der Waals surface area contributed by atoms with Gasteiger partial charge in [0.2, 0.25) is 5.91 Å². The van der Waals surface area contributed by atoms with E-state index in [2.05, 4.69) is 11.4 Å². The molecule has 0 spiro atoms. The number of benzene rings is 1. The highest BCUT2D eigenvalue weighted by Crippen LogP contribution is 2.22. The lowest BCUT2D eigenvalue weighted by atomic mass is 10.1. The SMILES string of the molecule is COCCC(=O)N1CCNCc2ccccc21. The largest absolute Gasteiger partial charge is 0.384 e. The zero-order chi connectivity index (χ0) is 12.1. The lowest BCUT2D eigenvalue weighted by Crippen LogP contribution is -2.35. The van der Waals surface area contributed by atoms with Crippen LogP contribution in [0.4, 0.5) is 5.69 Å². The van der Waals surface area contributed by atoms with Crippen molar-refractivity contribution in [3.05, 3.63) is 29.8 Å². The zero-order valence-corrected chi connectivity index (χ0v) is 10.1. The van der Waals surface area contributed by atoms with Crippen molar-refractivity contribution in [3.63, 3.8) is 0 Å². The number of carbonyl (C=O) groups excluding carboxylic acids is 1. The van der Waals surface area contributed by atoms with Gasteiger partial charge < -0.3 is 15.0 Å². The summed E-state index contributed by atoms with van der Waals surface area (Å²) in [5, 5.41) is 3.32. The summed E-state index contributed by atoms with van der Waals surface area (Å²) >= 11 is 0. The normalized spacial score (nSPS) is 15.2. The van der Waals surface area contributed by atoms with Crippen molar-refractivity contribution in [1.82, 2.24) is 5.32 Å². The third-order valence-electron chi connectivity index (χ3n) is 2.93. The number of ether oxygens (including phenoxy) is 1. The summed E-state index contributed by atoms with van der Waals surface area (Å²) in [6.45, 7) is 2.85. The van der Waals surface area contributed by atoms with Gasteiger partial charge in [-0.25, -0.2) is 0 Å². The van der Waals surface area contributed by atoms with Crippen LogP contribution in [0.2, 0.25) is 0 Å². The standard InChI is InChI=1S/C13H18N2O2/c1-17-9-6-13(16)15-8-7-14-10-11-4-2-3-5-12(11)15/h2-5,14H,6-10H2,1H3. The number of nitrogens with one attached hydrogen (secondary N) is 1. The Morgan fingerprint density at radius 1 is 1.47 bits per heavy atom. The van der Waals surface area contributed by atoms with Crippen molar-refractivity contribution >= 4 is 11.6 Å². The van der Waals surface area contributed by atoms with Crippen molar-refractivity contribution in [2.45, 2.75) is 13.0 Å². The minimum absolute atomic E-state index is 0.128. The second-order valence-electron chi connectivity index (χ2n) is 4.09. The molecule has 0 unspecified atom stereocenters. The van der Waals surface area contributed by atoms with E-state index in [0.29, 0.717) is 13.0 Å². The average molecular weight is 234 g/mol. The van der Waals surface area contributed by atoms with Crippen molar-refractivity contribution < 1.29 is 9.53 Å². The second kappa shape index (κ2) is 5.80. The number of anilines is 1. The summed E-state index contributed by atoms with van der Waals surface area (Å²) in [5.74, 6) is 0.128. The third-order valence-corrected chi connectivity index (χ3v) is 2.93. The average Bonchev–Trinajstić information content (AvgIpc) is 2.58. The second-order valence-corrected chi connectivity index (χ2v) is 4.09. The predicted octanol–water partition coefficient (Wildman–Crippen LogP) is 1.16. The van der Waals surface area contributed by atoms with E-state index in [0.717, 1.165) is 25.3 Å². The van der Waals surface area contributed by atoms with Crippen LogP contribution >= 0.6 is 0 Å². The molecule has 1 aromatic rings. The summed E-state index contributed by atoms with van der Waals surface area (Å²) in [6.07, 6.45) is 0.435. The minimum atomic E-state index is 0.128. The van der Waals surface area contributed by atoms with Gasteiger partial charge in [0.15, 0.2) is 0 Å². The molecule has 17 heavy (non-hydrogen) atoms. The summed E-state index contributed by atoms with van der Waals surface area (Å²) in [4.78, 5) is 13.9. The number of amides is 1. The lowest BCUT2D eigenvalue weighted by molar-refractivity contribution is -0.119. The molecule has 1 N–H and O–H groups in total. The van der Waals surface area contributed by atoms with E-state index in [1.54, 1.807) is 7.11 Å². The quantitative estimate of drug-likeness (QED) is 0.853. The first-order valence-corrected chi connectivity index (χ1v) is 5.91. The Bertz CT molecular complexity index is 393. The van der Waals surface area contributed by atoms with Crippen molar-refractivity contribution in [1.29, 1.82) is 0 Å². The molecule has 1 amide bonds. The number of nitrogens with zero attached hydrogens (tertiary/aromatic N) is 1. The molecule has 1 aliphatic heterocycles. The van der Waals surface area contributed by atoms with E-state index in [1.165, 1.54) is 5.56 Å². The molecule has 0 atom stereocenters. The van der Waals surface area contributed by atoms with Crippen molar-refractivity contribution in [3.8, 4) is 0 Å². The van der Waals surface area contributed by atoms with Gasteiger partial charge in [-0.1, -0.05) is 18.2 Å². The number of hydrogen-bond donors (Lipinski definition) is 1. The Kier molecular flexibility index (Phi) is 4.12. The molecule has 0 bridgehead atoms. The van der Waals surface area contributed by atoms with E-state index in [4.69, 9.17) is 4.74 Å². The first kappa shape index (κ1) is 12.1. The van der Waals surface area contributed by atoms with E-state index < -0.39 is 0 Å². The molecule has 0 aromatic heterocycles. The molecule has 0 saturated carbocycles. The topological polar surface area (TPSA) is 41.6 Å². The van der Waals surface area contributed by atoms with E-state index in [-0.39, 0.29) is 5.91 Å². The van der Waals surface area contributed by atoms with Gasteiger partial charge in [-0.15, -0.1) is 0 Å². The lowest BCUT2D eigenvalue weighted by Gasteiger charge is -2.22. The first-order chi connectivity index (χ1) is 8.33. The molecule has 2 rings (SSSR count). The number of fused-ring (bicyclic) bond motifs is 1. The maximum atomic E-state index is 12.1. The molecule has 4 heteroatoms. The fraction of sp³-hybridized carbons (Fsp3) is 0.462. The van der Waals surface area contributed by atoms with E-state index in [1.807, 2.05) is 23.1 Å². The fourth-order valence-corrected chi connectivity index (χ4v) is 2.04. The maximum absolute atomic E-state index is 12.1. The highest BCUT2D eigenvalue weighted by molar-refractivity contribution is 5.94. The number of carbonyl (C=O) groups is 1. The Labute approximate surface area is 102 Å². The van der Waals surface area contributed by atoms with Crippen LogP contribution in [0.15, 0.2) is 24.3 Å². The van der Waals surface area contributed by atoms with Gasteiger partial charge in [-0.2, -0.15) is 0 Å². The van der Waals surface area contributed by atoms with Crippen molar-refractivity contribution in [2.75, 3.05) is 31.7 Å². The summed E-state index contributed by atoms with van der Waals surface area (Å²) in [5.41, 5.74) is 2.20. The molecular weight excluding hydrogens is 216 g/mol. The van der Waals surface area contributed by atoms with Gasteiger partial charge in [0.25, 0.3) is 0 Å². The number of para-hydroxylation sites is 1. The summed E-state index contributed by atoms with van der Waals surface area (Å²) in [7, 11) is 1.62. The molecule has 4 nitrogen and oxygen atoms in total. The van der Waals surface area contributed by atoms with Gasteiger partial charge in [-0.05, 0) is 11.6 Å². The molecule has 92 valence electrons. The molecule has 1 heterocycles. The Morgan fingerprint density at radius 2 is 2.29 bits per heavy atom. The Morgan fingerprint density at radius 3 is 3.12 bits per heavy atom. The molecule has 1 aliphatic rings. The smallest absolute Gasteiger partial charge is 0.229 e. The maximum Gasteiger partial charge on any atom is 0.229 e. The predicted molar refractivity (Wildman–Crippen MR) is 67.0 cm³/mol. The number of methoxy groups -OCH3 is 1. The number of hydrogen-bond acceptors (Lipinski definition) is 3. The van der Waals surface area contributed by atoms with Crippen LogP contribution in [0.1, 0.15) is 12.0 Å². The van der Waals surface area contributed by atoms with Gasteiger partial charge in [0, 0.05) is 32.4 Å². The molecule has 1 aromatic carbocycles. The van der Waals surface area contributed by atoms with Crippen LogP contribution in [0, 0.1) is 0 Å². The van der Waals surface area contributed by atoms with Gasteiger partial charge in [0.05, 0.1) is 13.0 Å². The van der Waals surface area contributed by atoms with Crippen LogP contribution in [0.3, 0.4) is 0 Å². The van der Waals surface area contributed by atoms with Crippen LogP contribution < -0.4 is 10.2 Å². The van der Waals surface area contributed by atoms with Crippen molar-refractivity contribution in [2.24, 2.45) is 0 Å². The van der Waals surface area contributed by atoms with Crippen LogP contribution in [0.5, 0.6) is 0 Å². The first-order valence-electron chi connectivity index (χ1n) is 5.91. The Balaban J connectivity index is 2.19. The molecule has 0 saturated heterocycles. The molecule has 0 radical (unpaired) electrons. The van der Waals surface area contributed by atoms with Crippen LogP contribution in [0.25, 0.3) is 0 Å². The monoisotopic (exact) mass is 234 g/mol.